The van der Waals surface area contributed by atoms with Gasteiger partial charge in [0.05, 0.1) is 23.1 Å². The van der Waals surface area contributed by atoms with E-state index in [1.807, 2.05) is 25.4 Å². The third-order valence-corrected chi connectivity index (χ3v) is 3.89. The maximum Gasteiger partial charge on any atom is 0.254 e. The molecule has 1 amide bonds. The number of carbonyl (C=O) groups is 1. The molecular formula is C16H15N7O. The second kappa shape index (κ2) is 5.34. The lowest BCUT2D eigenvalue weighted by atomic mass is 9.99. The number of amides is 1. The van der Waals surface area contributed by atoms with E-state index in [2.05, 4.69) is 25.7 Å². The topological polar surface area (TPSA) is 111 Å². The first kappa shape index (κ1) is 14.2. The van der Waals surface area contributed by atoms with Crippen molar-refractivity contribution in [2.45, 2.75) is 6.54 Å². The second-order valence-corrected chi connectivity index (χ2v) is 5.53. The minimum atomic E-state index is -0.146. The zero-order chi connectivity index (χ0) is 16.7. The van der Waals surface area contributed by atoms with Gasteiger partial charge in [-0.25, -0.2) is 9.97 Å². The molecule has 24 heavy (non-hydrogen) atoms. The molecule has 4 N–H and O–H groups in total. The Morgan fingerprint density at radius 3 is 3.00 bits per heavy atom. The van der Waals surface area contributed by atoms with E-state index in [9.17, 15) is 4.79 Å². The first-order valence-electron chi connectivity index (χ1n) is 7.40. The van der Waals surface area contributed by atoms with E-state index >= 15 is 0 Å². The summed E-state index contributed by atoms with van der Waals surface area (Å²) in [5.74, 6) is 0.315. The first-order valence-corrected chi connectivity index (χ1v) is 7.40. The summed E-state index contributed by atoms with van der Waals surface area (Å²) in [6, 6.07) is 5.42. The van der Waals surface area contributed by atoms with Crippen molar-refractivity contribution in [2.24, 2.45) is 7.05 Å². The van der Waals surface area contributed by atoms with Crippen molar-refractivity contribution in [2.75, 3.05) is 11.1 Å². The number of nitrogens with two attached hydrogens (primary N) is 1. The number of rotatable bonds is 3. The Morgan fingerprint density at radius 1 is 1.33 bits per heavy atom. The Labute approximate surface area is 137 Å². The van der Waals surface area contributed by atoms with Crippen molar-refractivity contribution >= 4 is 23.2 Å². The lowest BCUT2D eigenvalue weighted by Crippen LogP contribution is -2.13. The van der Waals surface area contributed by atoms with Gasteiger partial charge in [0.1, 0.15) is 0 Å². The molecular weight excluding hydrogens is 306 g/mol. The lowest BCUT2D eigenvalue weighted by Gasteiger charge is -2.09. The fourth-order valence-corrected chi connectivity index (χ4v) is 2.80. The molecule has 8 nitrogen and oxygen atoms in total. The number of carbonyl (C=O) groups excluding carboxylic acids is 1. The predicted molar refractivity (Wildman–Crippen MR) is 89.5 cm³/mol. The van der Waals surface area contributed by atoms with E-state index in [1.54, 1.807) is 23.1 Å². The van der Waals surface area contributed by atoms with Crippen LogP contribution in [0.3, 0.4) is 0 Å². The van der Waals surface area contributed by atoms with Gasteiger partial charge in [0, 0.05) is 37.2 Å². The number of benzene rings is 1. The number of hydrogen-bond acceptors (Lipinski definition) is 6. The molecule has 0 aliphatic carbocycles. The van der Waals surface area contributed by atoms with E-state index in [1.165, 1.54) is 0 Å². The van der Waals surface area contributed by atoms with Crippen molar-refractivity contribution < 1.29 is 4.79 Å². The summed E-state index contributed by atoms with van der Waals surface area (Å²) < 4.78 is 1.69. The monoisotopic (exact) mass is 321 g/mol. The fraction of sp³-hybridized carbons (Fsp3) is 0.125. The van der Waals surface area contributed by atoms with E-state index in [0.29, 0.717) is 23.7 Å². The van der Waals surface area contributed by atoms with Gasteiger partial charge in [-0.15, -0.1) is 0 Å². The average molecular weight is 321 g/mol. The van der Waals surface area contributed by atoms with E-state index in [0.717, 1.165) is 22.5 Å². The number of nitrogen functional groups attached to an aromatic ring is 1. The van der Waals surface area contributed by atoms with Crippen LogP contribution in [0.1, 0.15) is 15.9 Å². The summed E-state index contributed by atoms with van der Waals surface area (Å²) in [6.45, 7) is 0.448. The predicted octanol–water partition coefficient (Wildman–Crippen LogP) is 1.45. The summed E-state index contributed by atoms with van der Waals surface area (Å²) in [5, 5.41) is 10.0. The lowest BCUT2D eigenvalue weighted by molar-refractivity contribution is 0.0966. The Bertz CT molecular complexity index is 947. The van der Waals surface area contributed by atoms with Gasteiger partial charge in [-0.3, -0.25) is 9.48 Å². The van der Waals surface area contributed by atoms with Gasteiger partial charge in [0.2, 0.25) is 5.95 Å². The highest BCUT2D eigenvalue weighted by Gasteiger charge is 2.25. The molecule has 120 valence electrons. The quantitative estimate of drug-likeness (QED) is 0.630. The highest BCUT2D eigenvalue weighted by atomic mass is 16.1. The Balaban J connectivity index is 1.73. The molecule has 2 aromatic heterocycles. The Hall–Kier alpha value is -3.42. The van der Waals surface area contributed by atoms with Gasteiger partial charge in [-0.2, -0.15) is 5.10 Å². The Kier molecular flexibility index (Phi) is 3.16. The van der Waals surface area contributed by atoms with Crippen molar-refractivity contribution in [3.05, 3.63) is 47.9 Å². The molecule has 0 bridgehead atoms. The van der Waals surface area contributed by atoms with Gasteiger partial charge < -0.3 is 16.4 Å². The molecule has 3 aromatic rings. The first-order chi connectivity index (χ1) is 11.6. The van der Waals surface area contributed by atoms with Crippen LogP contribution in [0.4, 0.5) is 17.3 Å². The largest absolute Gasteiger partial charge is 0.398 e. The van der Waals surface area contributed by atoms with Gasteiger partial charge in [-0.1, -0.05) is 6.07 Å². The normalized spacial score (nSPS) is 12.8. The van der Waals surface area contributed by atoms with Gasteiger partial charge in [-0.05, 0) is 17.7 Å². The van der Waals surface area contributed by atoms with E-state index < -0.39 is 0 Å². The van der Waals surface area contributed by atoms with E-state index in [4.69, 9.17) is 5.73 Å². The third-order valence-electron chi connectivity index (χ3n) is 3.89. The molecule has 0 fully saturated rings. The number of aryl methyl sites for hydroxylation is 1. The SMILES string of the molecule is Cn1cc(Nc2nccc(-c3ccc(N)c4c3CNC4=O)n2)cn1. The van der Waals surface area contributed by atoms with Crippen LogP contribution in [-0.2, 0) is 13.6 Å². The van der Waals surface area contributed by atoms with Crippen LogP contribution in [0.25, 0.3) is 11.3 Å². The van der Waals surface area contributed by atoms with Crippen molar-refractivity contribution in [3.63, 3.8) is 0 Å². The van der Waals surface area contributed by atoms with Gasteiger partial charge in [0.25, 0.3) is 5.91 Å². The highest BCUT2D eigenvalue weighted by Crippen LogP contribution is 2.32. The van der Waals surface area contributed by atoms with Crippen LogP contribution in [-0.4, -0.2) is 25.7 Å². The standard InChI is InChI=1S/C16H15N7O/c1-23-8-9(6-20-23)21-16-18-5-4-13(22-16)10-2-3-12(17)14-11(10)7-19-15(14)24/h2-6,8H,7,17H2,1H3,(H,19,24)(H,18,21,22). The average Bonchev–Trinajstić information content (AvgIpc) is 3.15. The molecule has 8 heteroatoms. The van der Waals surface area contributed by atoms with Crippen molar-refractivity contribution in [1.82, 2.24) is 25.1 Å². The summed E-state index contributed by atoms with van der Waals surface area (Å²) >= 11 is 0. The summed E-state index contributed by atoms with van der Waals surface area (Å²) in [4.78, 5) is 20.7. The molecule has 4 rings (SSSR count). The van der Waals surface area contributed by atoms with Gasteiger partial charge >= 0.3 is 0 Å². The number of anilines is 3. The molecule has 0 radical (unpaired) electrons. The van der Waals surface area contributed by atoms with Crippen LogP contribution in [0.15, 0.2) is 36.8 Å². The molecule has 3 heterocycles. The summed E-state index contributed by atoms with van der Waals surface area (Å²) in [6.07, 6.45) is 5.20. The molecule has 0 spiro atoms. The molecule has 1 aliphatic rings. The molecule has 1 aromatic carbocycles. The number of aromatic nitrogens is 4. The van der Waals surface area contributed by atoms with Crippen LogP contribution in [0.2, 0.25) is 0 Å². The van der Waals surface area contributed by atoms with Crippen molar-refractivity contribution in [3.8, 4) is 11.3 Å². The van der Waals surface area contributed by atoms with E-state index in [-0.39, 0.29) is 5.91 Å². The van der Waals surface area contributed by atoms with Gasteiger partial charge in [0.15, 0.2) is 0 Å². The maximum absolute atomic E-state index is 11.9. The van der Waals surface area contributed by atoms with Crippen LogP contribution >= 0.6 is 0 Å². The molecule has 0 saturated heterocycles. The summed E-state index contributed by atoms with van der Waals surface area (Å²) in [5.41, 5.74) is 10.2. The zero-order valence-electron chi connectivity index (χ0n) is 12.9. The second-order valence-electron chi connectivity index (χ2n) is 5.53. The molecule has 0 saturated carbocycles. The molecule has 1 aliphatic heterocycles. The number of nitrogens with zero attached hydrogens (tertiary/aromatic N) is 4. The molecule has 0 atom stereocenters. The third kappa shape index (κ3) is 2.34. The number of nitrogens with one attached hydrogen (secondary N) is 2. The minimum absolute atomic E-state index is 0.146. The van der Waals surface area contributed by atoms with Crippen LogP contribution in [0.5, 0.6) is 0 Å². The van der Waals surface area contributed by atoms with Crippen molar-refractivity contribution in [1.29, 1.82) is 0 Å². The highest BCUT2D eigenvalue weighted by molar-refractivity contribution is 6.05. The van der Waals surface area contributed by atoms with Crippen LogP contribution in [0, 0.1) is 0 Å². The molecule has 0 unspecified atom stereocenters. The number of hydrogen-bond donors (Lipinski definition) is 3. The zero-order valence-corrected chi connectivity index (χ0v) is 12.9. The maximum atomic E-state index is 11.9. The smallest absolute Gasteiger partial charge is 0.254 e. The minimum Gasteiger partial charge on any atom is -0.398 e. The number of fused-ring (bicyclic) bond motifs is 1. The van der Waals surface area contributed by atoms with Crippen LogP contribution < -0.4 is 16.4 Å². The summed E-state index contributed by atoms with van der Waals surface area (Å²) in [7, 11) is 1.84. The fourth-order valence-electron chi connectivity index (χ4n) is 2.80. The Morgan fingerprint density at radius 2 is 2.21 bits per heavy atom.